The largest absolute Gasteiger partial charge is 0.452 e. The highest BCUT2D eigenvalue weighted by Gasteiger charge is 2.26. The van der Waals surface area contributed by atoms with Crippen LogP contribution in [0.3, 0.4) is 0 Å². The Kier molecular flexibility index (Phi) is 6.33. The summed E-state index contributed by atoms with van der Waals surface area (Å²) in [4.78, 5) is 12.4. The molecule has 4 rings (SSSR count). The third-order valence-corrected chi connectivity index (χ3v) is 6.75. The van der Waals surface area contributed by atoms with Gasteiger partial charge in [0.25, 0.3) is 5.89 Å². The van der Waals surface area contributed by atoms with E-state index in [4.69, 9.17) is 25.5 Å². The molecule has 1 aliphatic rings. The van der Waals surface area contributed by atoms with Crippen molar-refractivity contribution in [3.63, 3.8) is 0 Å². The van der Waals surface area contributed by atoms with Crippen molar-refractivity contribution in [2.75, 3.05) is 26.3 Å². The van der Waals surface area contributed by atoms with E-state index >= 15 is 0 Å². The Balaban J connectivity index is 1.37. The van der Waals surface area contributed by atoms with E-state index in [1.807, 2.05) is 0 Å². The fourth-order valence-electron chi connectivity index (χ4n) is 2.93. The summed E-state index contributed by atoms with van der Waals surface area (Å²) in [7, 11) is -3.63. The Bertz CT molecular complexity index is 1160. The molecule has 1 aliphatic heterocycles. The van der Waals surface area contributed by atoms with Crippen molar-refractivity contribution in [1.82, 2.24) is 14.5 Å². The Labute approximate surface area is 183 Å². The van der Waals surface area contributed by atoms with E-state index in [9.17, 15) is 13.2 Å². The van der Waals surface area contributed by atoms with Gasteiger partial charge in [-0.25, -0.2) is 13.2 Å². The Morgan fingerprint density at radius 2 is 1.71 bits per heavy atom. The van der Waals surface area contributed by atoms with E-state index in [0.29, 0.717) is 36.9 Å². The fraction of sp³-hybridized carbons (Fsp3) is 0.250. The van der Waals surface area contributed by atoms with Gasteiger partial charge in [0, 0.05) is 23.7 Å². The smallest absolute Gasteiger partial charge is 0.338 e. The van der Waals surface area contributed by atoms with Gasteiger partial charge in [-0.05, 0) is 48.5 Å². The number of esters is 1. The Morgan fingerprint density at radius 3 is 2.39 bits per heavy atom. The first-order chi connectivity index (χ1) is 14.9. The summed E-state index contributed by atoms with van der Waals surface area (Å²) < 4.78 is 42.5. The summed E-state index contributed by atoms with van der Waals surface area (Å²) in [6.07, 6.45) is 0. The van der Waals surface area contributed by atoms with Crippen molar-refractivity contribution < 1.29 is 27.1 Å². The molecule has 0 radical (unpaired) electrons. The zero-order valence-corrected chi connectivity index (χ0v) is 17.8. The van der Waals surface area contributed by atoms with Gasteiger partial charge in [-0.1, -0.05) is 11.6 Å². The minimum atomic E-state index is -3.63. The van der Waals surface area contributed by atoms with Crippen LogP contribution in [-0.4, -0.2) is 55.2 Å². The lowest BCUT2D eigenvalue weighted by Gasteiger charge is -2.26. The number of ether oxygens (including phenoxy) is 2. The van der Waals surface area contributed by atoms with Gasteiger partial charge in [-0.2, -0.15) is 4.31 Å². The van der Waals surface area contributed by atoms with Crippen LogP contribution in [-0.2, 0) is 26.1 Å². The number of sulfonamides is 1. The first-order valence-electron chi connectivity index (χ1n) is 9.37. The zero-order chi connectivity index (χ0) is 21.8. The molecule has 2 heterocycles. The SMILES string of the molecule is O=C(OCc1nnc(-c2ccc(Cl)cc2)o1)c1ccc(S(=O)(=O)N2CCOCC2)cc1. The van der Waals surface area contributed by atoms with Gasteiger partial charge in [0.1, 0.15) is 0 Å². The van der Waals surface area contributed by atoms with Crippen molar-refractivity contribution in [3.05, 3.63) is 65.0 Å². The highest BCUT2D eigenvalue weighted by atomic mass is 35.5. The van der Waals surface area contributed by atoms with Crippen LogP contribution < -0.4 is 0 Å². The molecule has 9 nitrogen and oxygen atoms in total. The molecule has 1 aromatic heterocycles. The predicted octanol–water partition coefficient (Wildman–Crippen LogP) is 2.77. The van der Waals surface area contributed by atoms with Crippen molar-refractivity contribution in [2.24, 2.45) is 0 Å². The first kappa shape index (κ1) is 21.4. The second-order valence-corrected chi connectivity index (χ2v) is 9.00. The number of rotatable bonds is 6. The van der Waals surface area contributed by atoms with Gasteiger partial charge in [-0.3, -0.25) is 0 Å². The number of halogens is 1. The first-order valence-corrected chi connectivity index (χ1v) is 11.2. The Hall–Kier alpha value is -2.79. The molecule has 0 unspecified atom stereocenters. The molecule has 0 saturated carbocycles. The molecule has 31 heavy (non-hydrogen) atoms. The van der Waals surface area contributed by atoms with Crippen molar-refractivity contribution in [1.29, 1.82) is 0 Å². The molecule has 0 atom stereocenters. The van der Waals surface area contributed by atoms with Gasteiger partial charge in [0.2, 0.25) is 15.9 Å². The lowest BCUT2D eigenvalue weighted by atomic mass is 10.2. The van der Waals surface area contributed by atoms with Crippen LogP contribution in [0.5, 0.6) is 0 Å². The van der Waals surface area contributed by atoms with Crippen LogP contribution in [0.2, 0.25) is 5.02 Å². The van der Waals surface area contributed by atoms with Gasteiger partial charge >= 0.3 is 5.97 Å². The van der Waals surface area contributed by atoms with E-state index in [1.165, 1.54) is 28.6 Å². The average Bonchev–Trinajstić information content (AvgIpc) is 3.28. The molecule has 0 N–H and O–H groups in total. The van der Waals surface area contributed by atoms with Gasteiger partial charge in [-0.15, -0.1) is 10.2 Å². The molecule has 0 spiro atoms. The monoisotopic (exact) mass is 463 g/mol. The molecule has 11 heteroatoms. The molecular formula is C20H18ClN3O6S. The molecule has 0 bridgehead atoms. The maximum Gasteiger partial charge on any atom is 0.338 e. The van der Waals surface area contributed by atoms with Gasteiger partial charge in [0.15, 0.2) is 6.61 Å². The topological polar surface area (TPSA) is 112 Å². The van der Waals surface area contributed by atoms with Crippen LogP contribution in [0, 0.1) is 0 Å². The van der Waals surface area contributed by atoms with E-state index in [-0.39, 0.29) is 28.8 Å². The molecule has 0 aliphatic carbocycles. The molecule has 1 fully saturated rings. The summed E-state index contributed by atoms with van der Waals surface area (Å²) in [6, 6.07) is 12.4. The van der Waals surface area contributed by atoms with Gasteiger partial charge in [0.05, 0.1) is 23.7 Å². The maximum absolute atomic E-state index is 12.6. The van der Waals surface area contributed by atoms with E-state index in [2.05, 4.69) is 10.2 Å². The van der Waals surface area contributed by atoms with E-state index in [1.54, 1.807) is 24.3 Å². The lowest BCUT2D eigenvalue weighted by Crippen LogP contribution is -2.40. The summed E-state index contributed by atoms with van der Waals surface area (Å²) in [5, 5.41) is 8.36. The summed E-state index contributed by atoms with van der Waals surface area (Å²) in [6.45, 7) is 1.11. The van der Waals surface area contributed by atoms with Crippen LogP contribution in [0.25, 0.3) is 11.5 Å². The second kappa shape index (κ2) is 9.15. The summed E-state index contributed by atoms with van der Waals surface area (Å²) in [5.41, 5.74) is 0.893. The number of carbonyl (C=O) groups excluding carboxylic acids is 1. The summed E-state index contributed by atoms with van der Waals surface area (Å²) >= 11 is 5.86. The normalized spacial score (nSPS) is 15.0. The Morgan fingerprint density at radius 1 is 1.03 bits per heavy atom. The number of hydrogen-bond acceptors (Lipinski definition) is 8. The minimum absolute atomic E-state index is 0.107. The van der Waals surface area contributed by atoms with E-state index < -0.39 is 16.0 Å². The van der Waals surface area contributed by atoms with E-state index in [0.717, 1.165) is 0 Å². The predicted molar refractivity (Wildman–Crippen MR) is 110 cm³/mol. The van der Waals surface area contributed by atoms with Crippen LogP contribution in [0.4, 0.5) is 0 Å². The number of nitrogens with zero attached hydrogens (tertiary/aromatic N) is 3. The zero-order valence-electron chi connectivity index (χ0n) is 16.2. The van der Waals surface area contributed by atoms with Crippen molar-refractivity contribution >= 4 is 27.6 Å². The highest BCUT2D eigenvalue weighted by molar-refractivity contribution is 7.89. The minimum Gasteiger partial charge on any atom is -0.452 e. The maximum atomic E-state index is 12.6. The third kappa shape index (κ3) is 4.93. The number of morpholine rings is 1. The quantitative estimate of drug-likeness (QED) is 0.513. The molecule has 0 amide bonds. The molecule has 2 aromatic carbocycles. The number of carbonyl (C=O) groups is 1. The third-order valence-electron chi connectivity index (χ3n) is 4.58. The number of benzene rings is 2. The van der Waals surface area contributed by atoms with Gasteiger partial charge < -0.3 is 13.9 Å². The average molecular weight is 464 g/mol. The van der Waals surface area contributed by atoms with Crippen LogP contribution in [0.1, 0.15) is 16.2 Å². The lowest BCUT2D eigenvalue weighted by molar-refractivity contribution is 0.0438. The standard InChI is InChI=1S/C20H18ClN3O6S/c21-16-5-1-14(2-6-16)19-23-22-18(30-19)13-29-20(25)15-3-7-17(8-4-15)31(26,27)24-9-11-28-12-10-24/h1-8H,9-13H2. The van der Waals surface area contributed by atoms with Crippen LogP contribution >= 0.6 is 11.6 Å². The molecule has 162 valence electrons. The molecule has 3 aromatic rings. The summed E-state index contributed by atoms with van der Waals surface area (Å²) in [5.74, 6) is -0.230. The van der Waals surface area contributed by atoms with Crippen molar-refractivity contribution in [3.8, 4) is 11.5 Å². The number of hydrogen-bond donors (Lipinski definition) is 0. The molecule has 1 saturated heterocycles. The van der Waals surface area contributed by atoms with Crippen molar-refractivity contribution in [2.45, 2.75) is 11.5 Å². The fourth-order valence-corrected chi connectivity index (χ4v) is 4.46. The highest BCUT2D eigenvalue weighted by Crippen LogP contribution is 2.21. The number of aromatic nitrogens is 2. The van der Waals surface area contributed by atoms with Crippen LogP contribution in [0.15, 0.2) is 57.8 Å². The molecular weight excluding hydrogens is 446 g/mol. The second-order valence-electron chi connectivity index (χ2n) is 6.62.